The number of aliphatic hydroxyl groups excluding tert-OH is 2. The fourth-order valence-electron chi connectivity index (χ4n) is 0.349. The van der Waals surface area contributed by atoms with Crippen molar-refractivity contribution in [3.8, 4) is 0 Å². The fraction of sp³-hybridized carbons (Fsp3) is 0.600. The van der Waals surface area contributed by atoms with E-state index in [1.165, 1.54) is 13.0 Å². The van der Waals surface area contributed by atoms with E-state index in [9.17, 15) is 0 Å². The third kappa shape index (κ3) is 5.50. The average molecular weight is 102 g/mol. The van der Waals surface area contributed by atoms with Crippen molar-refractivity contribution in [2.24, 2.45) is 0 Å². The molecule has 0 unspecified atom stereocenters. The van der Waals surface area contributed by atoms with Gasteiger partial charge in [-0.15, -0.1) is 0 Å². The Morgan fingerprint density at radius 2 is 2.14 bits per heavy atom. The minimum atomic E-state index is -0.537. The summed E-state index contributed by atoms with van der Waals surface area (Å²) in [7, 11) is 0. The van der Waals surface area contributed by atoms with Crippen LogP contribution in [0.15, 0.2) is 11.8 Å². The SMILES string of the molecule is CC(O)=C[C@H](C)O. The molecular formula is C5H10O2. The summed E-state index contributed by atoms with van der Waals surface area (Å²) in [4.78, 5) is 0. The van der Waals surface area contributed by atoms with Crippen LogP contribution in [-0.2, 0) is 0 Å². The summed E-state index contributed by atoms with van der Waals surface area (Å²) in [5.74, 6) is 0.162. The van der Waals surface area contributed by atoms with Crippen LogP contribution in [0.4, 0.5) is 0 Å². The molecule has 0 amide bonds. The van der Waals surface area contributed by atoms with Gasteiger partial charge >= 0.3 is 0 Å². The maximum Gasteiger partial charge on any atom is 0.0877 e. The molecule has 0 aromatic rings. The highest BCUT2D eigenvalue weighted by Gasteiger charge is 1.85. The van der Waals surface area contributed by atoms with E-state index >= 15 is 0 Å². The smallest absolute Gasteiger partial charge is 0.0877 e. The van der Waals surface area contributed by atoms with Gasteiger partial charge in [0.2, 0.25) is 0 Å². The zero-order valence-electron chi connectivity index (χ0n) is 4.55. The summed E-state index contributed by atoms with van der Waals surface area (Å²) in [5, 5.41) is 16.9. The lowest BCUT2D eigenvalue weighted by Gasteiger charge is -1.91. The molecule has 0 fully saturated rings. The second kappa shape index (κ2) is 2.64. The molecule has 0 heterocycles. The summed E-state index contributed by atoms with van der Waals surface area (Å²) in [6.45, 7) is 3.10. The summed E-state index contributed by atoms with van der Waals surface area (Å²) < 4.78 is 0. The Morgan fingerprint density at radius 1 is 1.71 bits per heavy atom. The van der Waals surface area contributed by atoms with E-state index in [1.54, 1.807) is 6.92 Å². The second-order valence-corrected chi connectivity index (χ2v) is 1.55. The maximum absolute atomic E-state index is 8.49. The highest BCUT2D eigenvalue weighted by molar-refractivity contribution is 4.89. The molecule has 0 aromatic heterocycles. The molecule has 0 aromatic carbocycles. The number of aliphatic hydroxyl groups is 2. The zero-order chi connectivity index (χ0) is 5.86. The van der Waals surface area contributed by atoms with Gasteiger partial charge in [0.25, 0.3) is 0 Å². The molecule has 0 spiro atoms. The van der Waals surface area contributed by atoms with Gasteiger partial charge in [-0.2, -0.15) is 0 Å². The van der Waals surface area contributed by atoms with Crippen molar-refractivity contribution in [3.05, 3.63) is 11.8 Å². The van der Waals surface area contributed by atoms with Crippen molar-refractivity contribution in [1.82, 2.24) is 0 Å². The first-order valence-corrected chi connectivity index (χ1v) is 2.18. The van der Waals surface area contributed by atoms with E-state index in [4.69, 9.17) is 10.2 Å². The van der Waals surface area contributed by atoms with Gasteiger partial charge in [0, 0.05) is 0 Å². The topological polar surface area (TPSA) is 40.5 Å². The van der Waals surface area contributed by atoms with E-state index < -0.39 is 6.10 Å². The normalized spacial score (nSPS) is 16.7. The predicted molar refractivity (Wildman–Crippen MR) is 28.1 cm³/mol. The van der Waals surface area contributed by atoms with Crippen molar-refractivity contribution < 1.29 is 10.2 Å². The first-order valence-electron chi connectivity index (χ1n) is 2.18. The molecule has 2 heteroatoms. The molecule has 1 atom stereocenters. The first-order chi connectivity index (χ1) is 3.13. The lowest BCUT2D eigenvalue weighted by Crippen LogP contribution is -1.93. The second-order valence-electron chi connectivity index (χ2n) is 1.55. The molecule has 0 bridgehead atoms. The van der Waals surface area contributed by atoms with Crippen molar-refractivity contribution in [2.45, 2.75) is 20.0 Å². The molecule has 0 saturated heterocycles. The Kier molecular flexibility index (Phi) is 2.45. The zero-order valence-corrected chi connectivity index (χ0v) is 4.55. The van der Waals surface area contributed by atoms with Crippen molar-refractivity contribution in [2.75, 3.05) is 0 Å². The lowest BCUT2D eigenvalue weighted by atomic mass is 10.3. The number of hydrogen-bond donors (Lipinski definition) is 2. The monoisotopic (exact) mass is 102 g/mol. The van der Waals surface area contributed by atoms with Crippen LogP contribution in [-0.4, -0.2) is 16.3 Å². The third-order valence-electron chi connectivity index (χ3n) is 0.482. The molecule has 7 heavy (non-hydrogen) atoms. The standard InChI is InChI=1S/C5H10O2/c1-4(6)3-5(2)7/h3-4,6-7H,1-2H3/t4-/m0/s1. The van der Waals surface area contributed by atoms with E-state index in [2.05, 4.69) is 0 Å². The molecule has 2 N–H and O–H groups in total. The molecular weight excluding hydrogens is 92.1 g/mol. The van der Waals surface area contributed by atoms with E-state index in [-0.39, 0.29) is 5.76 Å². The Labute approximate surface area is 43.1 Å². The van der Waals surface area contributed by atoms with Crippen LogP contribution in [0.25, 0.3) is 0 Å². The predicted octanol–water partition coefficient (Wildman–Crippen LogP) is 0.829. The lowest BCUT2D eigenvalue weighted by molar-refractivity contribution is 0.237. The number of hydrogen-bond acceptors (Lipinski definition) is 2. The van der Waals surface area contributed by atoms with Crippen LogP contribution in [0.2, 0.25) is 0 Å². The summed E-state index contributed by atoms with van der Waals surface area (Å²) >= 11 is 0. The average Bonchev–Trinajstić information content (AvgIpc) is 1.27. The van der Waals surface area contributed by atoms with Crippen LogP contribution in [0.1, 0.15) is 13.8 Å². The van der Waals surface area contributed by atoms with E-state index in [0.29, 0.717) is 0 Å². The highest BCUT2D eigenvalue weighted by Crippen LogP contribution is 1.87. The Morgan fingerprint density at radius 3 is 2.14 bits per heavy atom. The first kappa shape index (κ1) is 6.50. The van der Waals surface area contributed by atoms with Crippen LogP contribution in [0.3, 0.4) is 0 Å². The Hall–Kier alpha value is -0.500. The van der Waals surface area contributed by atoms with E-state index in [1.807, 2.05) is 0 Å². The summed E-state index contributed by atoms with van der Waals surface area (Å²) in [5.41, 5.74) is 0. The molecule has 0 aliphatic carbocycles. The van der Waals surface area contributed by atoms with Crippen molar-refractivity contribution in [1.29, 1.82) is 0 Å². The minimum absolute atomic E-state index is 0.162. The molecule has 0 aliphatic rings. The molecule has 0 radical (unpaired) electrons. The van der Waals surface area contributed by atoms with Gasteiger partial charge in [-0.1, -0.05) is 0 Å². The van der Waals surface area contributed by atoms with E-state index in [0.717, 1.165) is 0 Å². The Balaban J connectivity index is 3.45. The Bertz CT molecular complexity index is 70.1. The van der Waals surface area contributed by atoms with Crippen LogP contribution in [0, 0.1) is 0 Å². The van der Waals surface area contributed by atoms with Crippen LogP contribution in [0.5, 0.6) is 0 Å². The van der Waals surface area contributed by atoms with Crippen molar-refractivity contribution >= 4 is 0 Å². The highest BCUT2D eigenvalue weighted by atomic mass is 16.3. The number of rotatable bonds is 1. The van der Waals surface area contributed by atoms with Gasteiger partial charge in [-0.3, -0.25) is 0 Å². The minimum Gasteiger partial charge on any atom is -0.513 e. The van der Waals surface area contributed by atoms with Crippen LogP contribution < -0.4 is 0 Å². The number of allylic oxidation sites excluding steroid dienone is 1. The molecule has 0 saturated carbocycles. The van der Waals surface area contributed by atoms with Gasteiger partial charge in [-0.25, -0.2) is 0 Å². The van der Waals surface area contributed by atoms with Gasteiger partial charge in [0.1, 0.15) is 0 Å². The fourth-order valence-corrected chi connectivity index (χ4v) is 0.349. The van der Waals surface area contributed by atoms with Gasteiger partial charge in [0.05, 0.1) is 11.9 Å². The third-order valence-corrected chi connectivity index (χ3v) is 0.482. The van der Waals surface area contributed by atoms with Crippen molar-refractivity contribution in [3.63, 3.8) is 0 Å². The van der Waals surface area contributed by atoms with Crippen LogP contribution >= 0.6 is 0 Å². The quantitative estimate of drug-likeness (QED) is 0.481. The summed E-state index contributed by atoms with van der Waals surface area (Å²) in [6, 6.07) is 0. The van der Waals surface area contributed by atoms with Gasteiger partial charge < -0.3 is 10.2 Å². The molecule has 0 rings (SSSR count). The summed E-state index contributed by atoms with van der Waals surface area (Å²) in [6.07, 6.45) is 0.824. The molecule has 2 nitrogen and oxygen atoms in total. The maximum atomic E-state index is 8.49. The van der Waals surface area contributed by atoms with Gasteiger partial charge in [0.15, 0.2) is 0 Å². The van der Waals surface area contributed by atoms with Gasteiger partial charge in [-0.05, 0) is 19.9 Å². The largest absolute Gasteiger partial charge is 0.513 e. The molecule has 42 valence electrons. The molecule has 0 aliphatic heterocycles.